The Morgan fingerprint density at radius 3 is 2.17 bits per heavy atom. The maximum atomic E-state index is 12.1. The van der Waals surface area contributed by atoms with Crippen LogP contribution in [0.4, 0.5) is 5.69 Å². The standard InChI is InChI=1S/C16H20N2O5/c1-10(15(20)21)4-9-13(16(22)23)17-14(19)11-5-7-12(8-6-11)18(2)3/h5-8,13H,1,4,9H2,2-3H3,(H,17,19)(H,20,21)(H,22,23). The van der Waals surface area contributed by atoms with E-state index in [9.17, 15) is 14.4 Å². The summed E-state index contributed by atoms with van der Waals surface area (Å²) in [5.74, 6) is -2.93. The summed E-state index contributed by atoms with van der Waals surface area (Å²) in [6.45, 7) is 3.34. The number of nitrogens with one attached hydrogen (secondary N) is 1. The average Bonchev–Trinajstić information content (AvgIpc) is 2.50. The molecule has 1 aromatic rings. The van der Waals surface area contributed by atoms with Gasteiger partial charge in [0, 0.05) is 30.9 Å². The highest BCUT2D eigenvalue weighted by molar-refractivity contribution is 5.97. The van der Waals surface area contributed by atoms with E-state index in [0.29, 0.717) is 5.56 Å². The lowest BCUT2D eigenvalue weighted by Gasteiger charge is -2.16. The van der Waals surface area contributed by atoms with Crippen molar-refractivity contribution < 1.29 is 24.6 Å². The van der Waals surface area contributed by atoms with Crippen LogP contribution in [-0.2, 0) is 9.59 Å². The van der Waals surface area contributed by atoms with E-state index in [1.807, 2.05) is 19.0 Å². The topological polar surface area (TPSA) is 107 Å². The fourth-order valence-electron chi connectivity index (χ4n) is 1.84. The minimum atomic E-state index is -1.22. The highest BCUT2D eigenvalue weighted by atomic mass is 16.4. The molecule has 0 aromatic heterocycles. The third kappa shape index (κ3) is 5.46. The zero-order chi connectivity index (χ0) is 17.6. The molecule has 0 radical (unpaired) electrons. The van der Waals surface area contributed by atoms with Gasteiger partial charge in [-0.15, -0.1) is 0 Å². The van der Waals surface area contributed by atoms with E-state index >= 15 is 0 Å². The molecule has 0 fully saturated rings. The van der Waals surface area contributed by atoms with Gasteiger partial charge in [0.05, 0.1) is 0 Å². The van der Waals surface area contributed by atoms with E-state index in [2.05, 4.69) is 11.9 Å². The van der Waals surface area contributed by atoms with Gasteiger partial charge in [-0.1, -0.05) is 6.58 Å². The summed E-state index contributed by atoms with van der Waals surface area (Å²) in [5, 5.41) is 20.3. The van der Waals surface area contributed by atoms with Crippen LogP contribution >= 0.6 is 0 Å². The van der Waals surface area contributed by atoms with Gasteiger partial charge < -0.3 is 20.4 Å². The Bertz CT molecular complexity index is 607. The monoisotopic (exact) mass is 320 g/mol. The summed E-state index contributed by atoms with van der Waals surface area (Å²) in [7, 11) is 3.73. The number of nitrogens with zero attached hydrogens (tertiary/aromatic N) is 1. The molecule has 1 aromatic carbocycles. The van der Waals surface area contributed by atoms with Crippen molar-refractivity contribution in [2.24, 2.45) is 0 Å². The Morgan fingerprint density at radius 1 is 1.17 bits per heavy atom. The second-order valence-electron chi connectivity index (χ2n) is 5.25. The van der Waals surface area contributed by atoms with E-state index in [4.69, 9.17) is 10.2 Å². The van der Waals surface area contributed by atoms with Crippen molar-refractivity contribution in [3.05, 3.63) is 42.0 Å². The summed E-state index contributed by atoms with van der Waals surface area (Å²) >= 11 is 0. The highest BCUT2D eigenvalue weighted by Crippen LogP contribution is 2.13. The Labute approximate surface area is 134 Å². The molecule has 1 unspecified atom stereocenters. The predicted molar refractivity (Wildman–Crippen MR) is 85.7 cm³/mol. The van der Waals surface area contributed by atoms with Crippen molar-refractivity contribution in [2.45, 2.75) is 18.9 Å². The van der Waals surface area contributed by atoms with Crippen LogP contribution in [0.3, 0.4) is 0 Å². The molecule has 0 bridgehead atoms. The lowest BCUT2D eigenvalue weighted by molar-refractivity contribution is -0.139. The quantitative estimate of drug-likeness (QED) is 0.624. The van der Waals surface area contributed by atoms with Crippen molar-refractivity contribution in [1.82, 2.24) is 5.32 Å². The average molecular weight is 320 g/mol. The van der Waals surface area contributed by atoms with E-state index in [-0.39, 0.29) is 18.4 Å². The second-order valence-corrected chi connectivity index (χ2v) is 5.25. The molecule has 0 saturated heterocycles. The van der Waals surface area contributed by atoms with Crippen molar-refractivity contribution in [1.29, 1.82) is 0 Å². The van der Waals surface area contributed by atoms with Crippen LogP contribution in [0.1, 0.15) is 23.2 Å². The van der Waals surface area contributed by atoms with Gasteiger partial charge in [0.25, 0.3) is 5.91 Å². The van der Waals surface area contributed by atoms with Crippen molar-refractivity contribution in [3.63, 3.8) is 0 Å². The molecule has 23 heavy (non-hydrogen) atoms. The van der Waals surface area contributed by atoms with Gasteiger partial charge in [0.1, 0.15) is 6.04 Å². The van der Waals surface area contributed by atoms with E-state index in [0.717, 1.165) is 5.69 Å². The zero-order valence-corrected chi connectivity index (χ0v) is 13.1. The number of carboxylic acids is 2. The van der Waals surface area contributed by atoms with Crippen molar-refractivity contribution in [3.8, 4) is 0 Å². The lowest BCUT2D eigenvalue weighted by atomic mass is 10.1. The molecule has 0 saturated carbocycles. The molecule has 124 valence electrons. The molecule has 0 spiro atoms. The fourth-order valence-corrected chi connectivity index (χ4v) is 1.84. The number of carboxylic acid groups (broad SMARTS) is 2. The first-order valence-electron chi connectivity index (χ1n) is 6.94. The summed E-state index contributed by atoms with van der Waals surface area (Å²) in [5.41, 5.74) is 1.15. The Hall–Kier alpha value is -2.83. The third-order valence-corrected chi connectivity index (χ3v) is 3.29. The fraction of sp³-hybridized carbons (Fsp3) is 0.312. The number of hydrogen-bond donors (Lipinski definition) is 3. The largest absolute Gasteiger partial charge is 0.480 e. The second kappa shape index (κ2) is 7.98. The Kier molecular flexibility index (Phi) is 6.32. The molecule has 7 heteroatoms. The molecule has 0 aliphatic carbocycles. The number of carbonyl (C=O) groups is 3. The number of rotatable bonds is 8. The molecule has 0 heterocycles. The first kappa shape index (κ1) is 18.2. The van der Waals surface area contributed by atoms with Crippen molar-refractivity contribution >= 4 is 23.5 Å². The molecular formula is C16H20N2O5. The summed E-state index contributed by atoms with van der Waals surface area (Å²) in [4.78, 5) is 35.8. The van der Waals surface area contributed by atoms with Gasteiger partial charge in [0.2, 0.25) is 0 Å². The minimum absolute atomic E-state index is 0.0217. The van der Waals surface area contributed by atoms with Crippen molar-refractivity contribution in [2.75, 3.05) is 19.0 Å². The molecule has 1 amide bonds. The number of anilines is 1. The first-order valence-corrected chi connectivity index (χ1v) is 6.94. The summed E-state index contributed by atoms with van der Waals surface area (Å²) in [6, 6.07) is 5.51. The van der Waals surface area contributed by atoms with Crippen LogP contribution < -0.4 is 10.2 Å². The van der Waals surface area contributed by atoms with Crippen LogP contribution in [0.2, 0.25) is 0 Å². The molecule has 0 aliphatic heterocycles. The van der Waals surface area contributed by atoms with E-state index in [1.165, 1.54) is 0 Å². The van der Waals surface area contributed by atoms with Gasteiger partial charge in [-0.2, -0.15) is 0 Å². The zero-order valence-electron chi connectivity index (χ0n) is 13.1. The molecule has 1 rings (SSSR count). The van der Waals surface area contributed by atoms with Gasteiger partial charge in [-0.25, -0.2) is 9.59 Å². The summed E-state index contributed by atoms with van der Waals surface area (Å²) in [6.07, 6.45) is -0.0614. The number of aliphatic carboxylic acids is 2. The lowest BCUT2D eigenvalue weighted by Crippen LogP contribution is -2.40. The molecular weight excluding hydrogens is 300 g/mol. The SMILES string of the molecule is C=C(CCC(NC(=O)c1ccc(N(C)C)cc1)C(=O)O)C(=O)O. The van der Waals surface area contributed by atoms with Gasteiger partial charge >= 0.3 is 11.9 Å². The maximum Gasteiger partial charge on any atom is 0.330 e. The number of benzene rings is 1. The maximum absolute atomic E-state index is 12.1. The molecule has 3 N–H and O–H groups in total. The molecule has 7 nitrogen and oxygen atoms in total. The number of hydrogen-bond acceptors (Lipinski definition) is 4. The van der Waals surface area contributed by atoms with Crippen LogP contribution in [-0.4, -0.2) is 48.2 Å². The molecule has 0 aliphatic rings. The smallest absolute Gasteiger partial charge is 0.330 e. The van der Waals surface area contributed by atoms with Gasteiger partial charge in [-0.05, 0) is 37.1 Å². The Balaban J connectivity index is 2.72. The van der Waals surface area contributed by atoms with E-state index in [1.54, 1.807) is 24.3 Å². The number of amides is 1. The van der Waals surface area contributed by atoms with E-state index < -0.39 is 23.9 Å². The normalized spacial score (nSPS) is 11.4. The van der Waals surface area contributed by atoms with Crippen LogP contribution in [0.25, 0.3) is 0 Å². The molecule has 1 atom stereocenters. The summed E-state index contributed by atoms with van der Waals surface area (Å²) < 4.78 is 0. The number of carbonyl (C=O) groups excluding carboxylic acids is 1. The van der Waals surface area contributed by atoms with Crippen LogP contribution in [0.15, 0.2) is 36.4 Å². The van der Waals surface area contributed by atoms with Crippen LogP contribution in [0.5, 0.6) is 0 Å². The first-order chi connectivity index (χ1) is 10.7. The van der Waals surface area contributed by atoms with Gasteiger partial charge in [0.15, 0.2) is 0 Å². The third-order valence-electron chi connectivity index (χ3n) is 3.29. The van der Waals surface area contributed by atoms with Crippen LogP contribution in [0, 0.1) is 0 Å². The predicted octanol–water partition coefficient (Wildman–Crippen LogP) is 1.36. The Morgan fingerprint density at radius 2 is 1.74 bits per heavy atom. The minimum Gasteiger partial charge on any atom is -0.480 e. The highest BCUT2D eigenvalue weighted by Gasteiger charge is 2.21. The van der Waals surface area contributed by atoms with Gasteiger partial charge in [-0.3, -0.25) is 4.79 Å².